The van der Waals surface area contributed by atoms with Gasteiger partial charge in [0.05, 0.1) is 17.6 Å². The van der Waals surface area contributed by atoms with Gasteiger partial charge in [0, 0.05) is 10.9 Å². The van der Waals surface area contributed by atoms with Crippen molar-refractivity contribution in [3.63, 3.8) is 0 Å². The molecule has 0 bridgehead atoms. The predicted molar refractivity (Wildman–Crippen MR) is 90.2 cm³/mol. The molecule has 0 aliphatic carbocycles. The number of pyridine rings is 1. The van der Waals surface area contributed by atoms with E-state index in [2.05, 4.69) is 21.9 Å². The van der Waals surface area contributed by atoms with E-state index < -0.39 is 0 Å². The van der Waals surface area contributed by atoms with Crippen molar-refractivity contribution in [2.24, 2.45) is 0 Å². The van der Waals surface area contributed by atoms with Gasteiger partial charge in [-0.1, -0.05) is 48.5 Å². The van der Waals surface area contributed by atoms with Crippen LogP contribution in [0.25, 0.3) is 17.3 Å². The van der Waals surface area contributed by atoms with E-state index in [4.69, 9.17) is 11.6 Å². The van der Waals surface area contributed by atoms with E-state index in [1.807, 2.05) is 41.8 Å². The molecule has 21 heavy (non-hydrogen) atoms. The van der Waals surface area contributed by atoms with E-state index in [-0.39, 0.29) is 0 Å². The fourth-order valence-electron chi connectivity index (χ4n) is 1.83. The highest BCUT2D eigenvalue weighted by molar-refractivity contribution is 7.14. The van der Waals surface area contributed by atoms with Crippen molar-refractivity contribution in [1.82, 2.24) is 9.97 Å². The van der Waals surface area contributed by atoms with Crippen LogP contribution >= 0.6 is 22.9 Å². The van der Waals surface area contributed by atoms with Crippen LogP contribution < -0.4 is 5.32 Å². The first-order chi connectivity index (χ1) is 10.2. The maximum absolute atomic E-state index is 5.76. The lowest BCUT2D eigenvalue weighted by molar-refractivity contribution is 1.31. The summed E-state index contributed by atoms with van der Waals surface area (Å²) >= 11 is 7.31. The summed E-state index contributed by atoms with van der Waals surface area (Å²) in [5, 5.41) is 6.53. The monoisotopic (exact) mass is 313 g/mol. The van der Waals surface area contributed by atoms with Gasteiger partial charge in [-0.25, -0.2) is 9.97 Å². The van der Waals surface area contributed by atoms with Gasteiger partial charge in [0.15, 0.2) is 5.13 Å². The van der Waals surface area contributed by atoms with Gasteiger partial charge >= 0.3 is 0 Å². The van der Waals surface area contributed by atoms with Gasteiger partial charge in [-0.2, -0.15) is 0 Å². The molecular weight excluding hydrogens is 302 g/mol. The third-order valence-corrected chi connectivity index (χ3v) is 3.91. The summed E-state index contributed by atoms with van der Waals surface area (Å²) in [6.07, 6.45) is 3.51. The van der Waals surface area contributed by atoms with Crippen LogP contribution in [0.5, 0.6) is 0 Å². The number of aromatic nitrogens is 2. The molecule has 0 atom stereocenters. The summed E-state index contributed by atoms with van der Waals surface area (Å²) in [7, 11) is 0. The van der Waals surface area contributed by atoms with Gasteiger partial charge in [0.25, 0.3) is 0 Å². The van der Waals surface area contributed by atoms with E-state index in [9.17, 15) is 0 Å². The lowest BCUT2D eigenvalue weighted by Crippen LogP contribution is -1.90. The number of hydrogen-bond acceptors (Lipinski definition) is 4. The molecule has 5 heteroatoms. The quantitative estimate of drug-likeness (QED) is 0.669. The van der Waals surface area contributed by atoms with Crippen molar-refractivity contribution >= 4 is 39.8 Å². The topological polar surface area (TPSA) is 37.8 Å². The van der Waals surface area contributed by atoms with Crippen LogP contribution in [-0.2, 0) is 0 Å². The Kier molecular flexibility index (Phi) is 3.99. The van der Waals surface area contributed by atoms with Gasteiger partial charge in [-0.15, -0.1) is 11.3 Å². The molecule has 0 saturated heterocycles. The second-order valence-electron chi connectivity index (χ2n) is 4.36. The minimum Gasteiger partial charge on any atom is -0.330 e. The Morgan fingerprint density at radius 1 is 1.14 bits per heavy atom. The zero-order valence-electron chi connectivity index (χ0n) is 11.1. The van der Waals surface area contributed by atoms with E-state index in [0.29, 0.717) is 5.15 Å². The zero-order valence-corrected chi connectivity index (χ0v) is 12.7. The number of anilines is 2. The average Bonchev–Trinajstić information content (AvgIpc) is 2.98. The molecule has 3 nitrogen and oxygen atoms in total. The second-order valence-corrected chi connectivity index (χ2v) is 5.60. The number of hydrogen-bond donors (Lipinski definition) is 1. The highest BCUT2D eigenvalue weighted by atomic mass is 35.5. The minimum absolute atomic E-state index is 0.475. The summed E-state index contributed by atoms with van der Waals surface area (Å²) in [6.45, 7) is 3.75. The van der Waals surface area contributed by atoms with Gasteiger partial charge in [-0.05, 0) is 17.7 Å². The molecule has 1 aromatic carbocycles. The van der Waals surface area contributed by atoms with Crippen LogP contribution in [0.4, 0.5) is 10.8 Å². The Balaban J connectivity index is 1.79. The Morgan fingerprint density at radius 3 is 2.62 bits per heavy atom. The highest BCUT2D eigenvalue weighted by Crippen LogP contribution is 2.27. The molecule has 3 aromatic rings. The van der Waals surface area contributed by atoms with Gasteiger partial charge in [0.2, 0.25) is 0 Å². The van der Waals surface area contributed by atoms with Crippen LogP contribution in [0.15, 0.2) is 54.6 Å². The van der Waals surface area contributed by atoms with Crippen LogP contribution in [0.2, 0.25) is 5.15 Å². The Labute approximate surface area is 132 Å². The molecule has 3 rings (SSSR count). The molecule has 2 aromatic heterocycles. The van der Waals surface area contributed by atoms with Crippen molar-refractivity contribution in [2.75, 3.05) is 5.32 Å². The van der Waals surface area contributed by atoms with Gasteiger partial charge < -0.3 is 5.32 Å². The number of halogens is 1. The highest BCUT2D eigenvalue weighted by Gasteiger charge is 2.05. The molecule has 0 saturated carbocycles. The fourth-order valence-corrected chi connectivity index (χ4v) is 2.68. The largest absolute Gasteiger partial charge is 0.330 e. The van der Waals surface area contributed by atoms with Gasteiger partial charge in [0.1, 0.15) is 5.15 Å². The van der Waals surface area contributed by atoms with Crippen LogP contribution in [-0.4, -0.2) is 9.97 Å². The van der Waals surface area contributed by atoms with Crippen molar-refractivity contribution < 1.29 is 0 Å². The number of rotatable bonds is 4. The zero-order chi connectivity index (χ0) is 14.7. The summed E-state index contributed by atoms with van der Waals surface area (Å²) < 4.78 is 0. The molecule has 2 heterocycles. The summed E-state index contributed by atoms with van der Waals surface area (Å²) in [5.41, 5.74) is 3.99. The van der Waals surface area contributed by atoms with Crippen molar-refractivity contribution in [1.29, 1.82) is 0 Å². The lowest BCUT2D eigenvalue weighted by atomic mass is 10.1. The fraction of sp³-hybridized carbons (Fsp3) is 0. The second kappa shape index (κ2) is 6.08. The molecular formula is C16H12ClN3S. The molecule has 0 fully saturated rings. The summed E-state index contributed by atoms with van der Waals surface area (Å²) in [5.74, 6) is 0. The number of nitrogens with zero attached hydrogens (tertiary/aromatic N) is 2. The Hall–Kier alpha value is -2.17. The Bertz CT molecular complexity index is 748. The standard InChI is InChI=1S/C16H12ClN3S/c1-2-11-3-5-12(6-4-11)14-10-21-16(20-14)19-13-7-8-15(17)18-9-13/h2-10H,1H2,(H,19,20). The molecule has 0 radical (unpaired) electrons. The maximum atomic E-state index is 5.76. The van der Waals surface area contributed by atoms with Crippen LogP contribution in [0, 0.1) is 0 Å². The number of nitrogens with one attached hydrogen (secondary N) is 1. The molecule has 0 aliphatic heterocycles. The van der Waals surface area contributed by atoms with Gasteiger partial charge in [-0.3, -0.25) is 0 Å². The molecule has 0 unspecified atom stereocenters. The third-order valence-electron chi connectivity index (χ3n) is 2.92. The minimum atomic E-state index is 0.475. The van der Waals surface area contributed by atoms with Crippen molar-refractivity contribution in [2.45, 2.75) is 0 Å². The average molecular weight is 314 g/mol. The molecule has 0 amide bonds. The number of benzene rings is 1. The van der Waals surface area contributed by atoms with E-state index in [1.165, 1.54) is 0 Å². The SMILES string of the molecule is C=Cc1ccc(-c2csc(Nc3ccc(Cl)nc3)n2)cc1. The normalized spacial score (nSPS) is 10.3. The Morgan fingerprint density at radius 2 is 1.95 bits per heavy atom. The molecule has 104 valence electrons. The van der Waals surface area contributed by atoms with E-state index in [0.717, 1.165) is 27.6 Å². The summed E-state index contributed by atoms with van der Waals surface area (Å²) in [6, 6.07) is 11.7. The first-order valence-corrected chi connectivity index (χ1v) is 7.57. The predicted octanol–water partition coefficient (Wildman–Crippen LogP) is 5.25. The molecule has 0 aliphatic rings. The smallest absolute Gasteiger partial charge is 0.187 e. The van der Waals surface area contributed by atoms with Crippen LogP contribution in [0.1, 0.15) is 5.56 Å². The van der Waals surface area contributed by atoms with Crippen molar-refractivity contribution in [3.05, 3.63) is 65.3 Å². The third kappa shape index (κ3) is 3.29. The number of thiazole rings is 1. The first kappa shape index (κ1) is 13.8. The first-order valence-electron chi connectivity index (χ1n) is 6.31. The van der Waals surface area contributed by atoms with Crippen LogP contribution in [0.3, 0.4) is 0 Å². The summed E-state index contributed by atoms with van der Waals surface area (Å²) in [4.78, 5) is 8.60. The lowest BCUT2D eigenvalue weighted by Gasteiger charge is -2.01. The van der Waals surface area contributed by atoms with E-state index in [1.54, 1.807) is 23.6 Å². The van der Waals surface area contributed by atoms with Crippen molar-refractivity contribution in [3.8, 4) is 11.3 Å². The maximum Gasteiger partial charge on any atom is 0.187 e. The molecule has 1 N–H and O–H groups in total. The molecule has 0 spiro atoms. The van der Waals surface area contributed by atoms with E-state index >= 15 is 0 Å².